The molecule has 0 radical (unpaired) electrons. The monoisotopic (exact) mass is 1500 g/mol. The van der Waals surface area contributed by atoms with Gasteiger partial charge in [0.1, 0.15) is 66.5 Å². The Balaban J connectivity index is 1.85. The van der Waals surface area contributed by atoms with Gasteiger partial charge < -0.3 is 100 Å². The summed E-state index contributed by atoms with van der Waals surface area (Å²) in [6.45, 7) is 13.6. The van der Waals surface area contributed by atoms with E-state index in [4.69, 9.17) is 11.5 Å². The third-order valence-corrected chi connectivity index (χ3v) is 17.8. The van der Waals surface area contributed by atoms with Crippen molar-refractivity contribution in [3.63, 3.8) is 0 Å². The third-order valence-electron chi connectivity index (χ3n) is 17.8. The quantitative estimate of drug-likeness (QED) is 0.0297. The van der Waals surface area contributed by atoms with Crippen LogP contribution >= 0.6 is 0 Å². The van der Waals surface area contributed by atoms with E-state index < -0.39 is 200 Å². The number of carbonyl (C=O) groups excluding carboxylic acids is 13. The number of nitrogens with one attached hydrogen (secondary N) is 12. The maximum Gasteiger partial charge on any atom is 0.325 e. The number of aromatic amines is 1. The van der Waals surface area contributed by atoms with Crippen LogP contribution in [0.2, 0.25) is 0 Å². The number of nitrogens with zero attached hydrogens (tertiary/aromatic N) is 2. The number of hydrogen-bond acceptors (Lipinski definition) is 18. The zero-order chi connectivity index (χ0) is 80.4. The lowest BCUT2D eigenvalue weighted by atomic mass is 9.98. The number of fused-ring (bicyclic) bond motifs is 1. The molecule has 0 saturated carbocycles. The van der Waals surface area contributed by atoms with Gasteiger partial charge >= 0.3 is 11.9 Å². The van der Waals surface area contributed by atoms with Gasteiger partial charge in [0.25, 0.3) is 0 Å². The molecule has 0 bridgehead atoms. The molecule has 13 amide bonds. The number of hydrogen-bond donors (Lipinski definition) is 17. The smallest absolute Gasteiger partial charge is 0.325 e. The van der Waals surface area contributed by atoms with Crippen LogP contribution in [0.3, 0.4) is 0 Å². The number of aliphatic hydroxyl groups is 1. The average molecular weight is 1500 g/mol. The van der Waals surface area contributed by atoms with E-state index in [0.29, 0.717) is 28.5 Å². The number of carboxylic acids is 2. The van der Waals surface area contributed by atoms with Crippen molar-refractivity contribution in [1.82, 2.24) is 73.3 Å². The Hall–Kier alpha value is -10.1. The number of carboxylic acid groups (broad SMARTS) is 2. The SMILES string of the molecule is CCCCCCCC(=O)N[C@@H](C(=O)N[C@@H](C(=O)NCC(=O)N[C@H](CO)C(=O)N[C@H](Cc1c[nH]c2ccccc12)C(=O)N(C)CC(=O)N[C@@H](CCN)C(=O)N[C@H](CCN)C(=O)N(C)[C@@H](Cc1ccccc1)C(=O)N[C@@H](CCC(=O)O)C(=O)N[C@H](C(=O)N[C@@H](C(=O)N[C@@H](C)C(=O)O)C(C)C)C(C)C)C(C)C)C(C)C. The van der Waals surface area contributed by atoms with Gasteiger partial charge in [0.15, 0.2) is 0 Å². The molecule has 1 heterocycles. The number of nitrogens with two attached hydrogens (primary N) is 2. The zero-order valence-corrected chi connectivity index (χ0v) is 63.5. The van der Waals surface area contributed by atoms with Crippen LogP contribution < -0.4 is 70.0 Å². The molecule has 107 heavy (non-hydrogen) atoms. The minimum absolute atomic E-state index is 0.199. The Labute approximate surface area is 624 Å². The number of unbranched alkanes of at least 4 members (excludes halogenated alkanes) is 4. The molecular weight excluding hydrogens is 1390 g/mol. The maximum atomic E-state index is 14.8. The second-order valence-electron chi connectivity index (χ2n) is 28.0. The highest BCUT2D eigenvalue weighted by atomic mass is 16.4. The van der Waals surface area contributed by atoms with E-state index in [1.165, 1.54) is 21.0 Å². The van der Waals surface area contributed by atoms with Crippen LogP contribution in [-0.2, 0) is 84.8 Å². The van der Waals surface area contributed by atoms with Crippen LogP contribution in [0.4, 0.5) is 0 Å². The van der Waals surface area contributed by atoms with Crippen LogP contribution in [0, 0.1) is 23.7 Å². The molecule has 594 valence electrons. The van der Waals surface area contributed by atoms with Gasteiger partial charge in [-0.1, -0.05) is 137 Å². The van der Waals surface area contributed by atoms with Crippen molar-refractivity contribution < 1.29 is 87.2 Å². The van der Waals surface area contributed by atoms with Crippen LogP contribution in [0.15, 0.2) is 60.8 Å². The van der Waals surface area contributed by atoms with Crippen molar-refractivity contribution in [2.75, 3.05) is 46.9 Å². The Kier molecular flexibility index (Phi) is 39.3. The molecule has 0 fully saturated rings. The number of para-hydroxylation sites is 1. The number of benzene rings is 2. The standard InChI is InChI=1S/C73H114N16O18/c1-13-14-15-16-20-27-55(91)84-60(41(4)5)69(102)86-59(40(2)3)67(100)77-37-56(92)80-53(39-90)65(98)83-52(35-46-36-76-48-26-22-21-25-47(46)48)71(104)88(11)38-57(93)79-50(30-32-74)63(96)82-51(31-33-75)72(105)89(12)54(34-45-23-18-17-19-24-45)66(99)81-49(28-29-58(94)95)64(97)85-62(43(8)9)70(103)87-61(42(6)7)68(101)78-44(10)73(106)107/h17-19,21-26,36,40-44,49-54,59-62,76,90H,13-16,20,27-35,37-39,74-75H2,1-12H3,(H,77,100)(H,78,101)(H,79,93)(H,80,92)(H,81,99)(H,82,96)(H,83,98)(H,84,91)(H,85,97)(H,86,102)(H,87,103)(H,94,95)(H,106,107)/t44-,49-,50-,51+,52+,53+,54-,59+,60+,61+,62-/m0/s1. The van der Waals surface area contributed by atoms with Crippen molar-refractivity contribution in [3.8, 4) is 0 Å². The molecular formula is C73H114N16O18. The summed E-state index contributed by atoms with van der Waals surface area (Å²) in [4.78, 5) is 210. The Morgan fingerprint density at radius 3 is 1.51 bits per heavy atom. The largest absolute Gasteiger partial charge is 0.481 e. The summed E-state index contributed by atoms with van der Waals surface area (Å²) in [7, 11) is 2.48. The van der Waals surface area contributed by atoms with Gasteiger partial charge in [-0.3, -0.25) is 71.9 Å². The summed E-state index contributed by atoms with van der Waals surface area (Å²) in [5.74, 6) is -15.7. The number of aliphatic carboxylic acids is 2. The van der Waals surface area contributed by atoms with Crippen LogP contribution in [0.1, 0.15) is 145 Å². The fraction of sp³-hybridized carbons (Fsp3) is 0.603. The number of aliphatic hydroxyl groups excluding tert-OH is 1. The number of carbonyl (C=O) groups is 15. The highest BCUT2D eigenvalue weighted by Crippen LogP contribution is 2.21. The first-order valence-corrected chi connectivity index (χ1v) is 36.3. The molecule has 0 aliphatic rings. The lowest BCUT2D eigenvalue weighted by Gasteiger charge is -2.33. The average Bonchev–Trinajstić information content (AvgIpc) is 1.73. The maximum absolute atomic E-state index is 14.8. The first-order valence-electron chi connectivity index (χ1n) is 36.3. The number of aromatic nitrogens is 1. The van der Waals surface area contributed by atoms with Crippen LogP contribution in [0.25, 0.3) is 10.9 Å². The van der Waals surface area contributed by atoms with E-state index >= 15 is 0 Å². The van der Waals surface area contributed by atoms with Gasteiger partial charge in [0, 0.05) is 56.9 Å². The van der Waals surface area contributed by atoms with E-state index in [2.05, 4.69) is 70.4 Å². The van der Waals surface area contributed by atoms with Gasteiger partial charge in [-0.15, -0.1) is 0 Å². The third kappa shape index (κ3) is 30.4. The fourth-order valence-electron chi connectivity index (χ4n) is 11.5. The predicted molar refractivity (Wildman–Crippen MR) is 396 cm³/mol. The van der Waals surface area contributed by atoms with Crippen molar-refractivity contribution in [2.45, 2.75) is 213 Å². The van der Waals surface area contributed by atoms with E-state index in [0.717, 1.165) is 35.5 Å². The summed E-state index contributed by atoms with van der Waals surface area (Å²) in [5.41, 5.74) is 13.7. The number of amides is 13. The minimum Gasteiger partial charge on any atom is -0.481 e. The topological polar surface area (TPSA) is 523 Å². The molecule has 0 unspecified atom stereocenters. The van der Waals surface area contributed by atoms with Gasteiger partial charge in [-0.05, 0) is 86.6 Å². The van der Waals surface area contributed by atoms with E-state index in [-0.39, 0.29) is 57.0 Å². The van der Waals surface area contributed by atoms with Gasteiger partial charge in [-0.25, -0.2) is 0 Å². The predicted octanol–water partition coefficient (Wildman–Crippen LogP) is -1.15. The van der Waals surface area contributed by atoms with Crippen molar-refractivity contribution in [2.24, 2.45) is 35.1 Å². The molecule has 3 aromatic rings. The van der Waals surface area contributed by atoms with Crippen molar-refractivity contribution in [1.29, 1.82) is 0 Å². The Bertz CT molecular complexity index is 3500. The lowest BCUT2D eigenvalue weighted by Crippen LogP contribution is -2.61. The number of H-pyrrole nitrogens is 1. The molecule has 3 rings (SSSR count). The molecule has 0 aliphatic heterocycles. The van der Waals surface area contributed by atoms with Gasteiger partial charge in [0.05, 0.1) is 19.7 Å². The van der Waals surface area contributed by atoms with E-state index in [1.54, 1.807) is 116 Å². The second-order valence-corrected chi connectivity index (χ2v) is 28.0. The molecule has 1 aromatic heterocycles. The first kappa shape index (κ1) is 91.1. The zero-order valence-electron chi connectivity index (χ0n) is 63.5. The fourth-order valence-corrected chi connectivity index (χ4v) is 11.5. The van der Waals surface area contributed by atoms with E-state index in [1.807, 2.05) is 0 Å². The normalized spacial score (nSPS) is 14.4. The lowest BCUT2D eigenvalue weighted by molar-refractivity contribution is -0.143. The first-order chi connectivity index (χ1) is 50.5. The number of likely N-dealkylation sites (N-methyl/N-ethyl adjacent to an activating group) is 2. The molecule has 11 atom stereocenters. The highest BCUT2D eigenvalue weighted by Gasteiger charge is 2.39. The summed E-state index contributed by atoms with van der Waals surface area (Å²) in [5, 5.41) is 58.2. The van der Waals surface area contributed by atoms with Gasteiger partial charge in [0.2, 0.25) is 76.8 Å². The molecule has 34 heteroatoms. The molecule has 0 aliphatic carbocycles. The summed E-state index contributed by atoms with van der Waals surface area (Å²) in [6, 6.07) is -0.0279. The highest BCUT2D eigenvalue weighted by molar-refractivity contribution is 6.00. The summed E-state index contributed by atoms with van der Waals surface area (Å²) < 4.78 is 0. The van der Waals surface area contributed by atoms with Crippen LogP contribution in [-0.4, -0.2) is 232 Å². The van der Waals surface area contributed by atoms with E-state index in [9.17, 15) is 87.2 Å². The Morgan fingerprint density at radius 2 is 0.953 bits per heavy atom. The second kappa shape index (κ2) is 46.1. The molecule has 0 saturated heterocycles. The Morgan fingerprint density at radius 1 is 0.467 bits per heavy atom. The molecule has 2 aromatic carbocycles. The molecule has 0 spiro atoms. The van der Waals surface area contributed by atoms with Gasteiger partial charge in [-0.2, -0.15) is 0 Å². The molecule has 34 nitrogen and oxygen atoms in total. The van der Waals surface area contributed by atoms with Crippen molar-refractivity contribution in [3.05, 3.63) is 71.9 Å². The van der Waals surface area contributed by atoms with Crippen LogP contribution in [0.5, 0.6) is 0 Å². The summed E-state index contributed by atoms with van der Waals surface area (Å²) >= 11 is 0. The minimum atomic E-state index is -1.70. The molecule has 19 N–H and O–H groups in total. The number of rotatable bonds is 48. The van der Waals surface area contributed by atoms with Crippen molar-refractivity contribution >= 4 is 99.6 Å². The summed E-state index contributed by atoms with van der Waals surface area (Å²) in [6.07, 6.45) is 4.39.